The van der Waals surface area contributed by atoms with E-state index in [1.165, 1.54) is 5.69 Å². The maximum absolute atomic E-state index is 12.7. The van der Waals surface area contributed by atoms with Gasteiger partial charge in [-0.15, -0.1) is 0 Å². The van der Waals surface area contributed by atoms with E-state index in [1.54, 1.807) is 6.20 Å². The van der Waals surface area contributed by atoms with E-state index in [0.717, 1.165) is 62.8 Å². The number of pyridine rings is 1. The second-order valence-corrected chi connectivity index (χ2v) is 8.45. The van der Waals surface area contributed by atoms with Gasteiger partial charge in [-0.2, -0.15) is 5.10 Å². The molecule has 2 aliphatic rings. The Morgan fingerprint density at radius 1 is 1.14 bits per heavy atom. The Hall–Kier alpha value is -2.41. The van der Waals surface area contributed by atoms with Crippen molar-refractivity contribution in [2.75, 3.05) is 51.2 Å². The third-order valence-electron chi connectivity index (χ3n) is 6.25. The molecule has 7 nitrogen and oxygen atoms in total. The first-order chi connectivity index (χ1) is 14.0. The second kappa shape index (κ2) is 8.53. The summed E-state index contributed by atoms with van der Waals surface area (Å²) in [6, 6.07) is 6.42. The van der Waals surface area contributed by atoms with Crippen molar-refractivity contribution in [1.29, 1.82) is 0 Å². The molecule has 2 aliphatic heterocycles. The number of carbonyl (C=O) groups is 1. The summed E-state index contributed by atoms with van der Waals surface area (Å²) in [6.45, 7) is 10.6. The van der Waals surface area contributed by atoms with Crippen molar-refractivity contribution < 1.29 is 4.79 Å². The Labute approximate surface area is 173 Å². The number of hydrogen-bond donors (Lipinski definition) is 0. The molecule has 0 spiro atoms. The van der Waals surface area contributed by atoms with E-state index < -0.39 is 0 Å². The topological polar surface area (TPSA) is 57.5 Å². The van der Waals surface area contributed by atoms with Crippen LogP contribution in [0.15, 0.2) is 24.4 Å². The average Bonchev–Trinajstić information content (AvgIpc) is 3.35. The number of piperazine rings is 1. The Balaban J connectivity index is 1.38. The number of anilines is 1. The third-order valence-corrected chi connectivity index (χ3v) is 6.25. The Bertz CT molecular complexity index is 855. The molecular formula is C22H32N6O. The molecule has 2 saturated heterocycles. The van der Waals surface area contributed by atoms with Gasteiger partial charge in [-0.3, -0.25) is 14.5 Å². The maximum atomic E-state index is 12.7. The fourth-order valence-electron chi connectivity index (χ4n) is 4.35. The summed E-state index contributed by atoms with van der Waals surface area (Å²) in [5.41, 5.74) is 4.57. The minimum Gasteiger partial charge on any atom is -0.369 e. The molecule has 0 N–H and O–H groups in total. The van der Waals surface area contributed by atoms with Crippen LogP contribution in [0.1, 0.15) is 35.8 Å². The molecule has 7 heteroatoms. The zero-order valence-corrected chi connectivity index (χ0v) is 17.8. The van der Waals surface area contributed by atoms with Crippen LogP contribution in [-0.4, -0.2) is 76.8 Å². The number of aromatic nitrogens is 3. The minimum absolute atomic E-state index is 0.217. The van der Waals surface area contributed by atoms with Crippen molar-refractivity contribution in [3.63, 3.8) is 0 Å². The monoisotopic (exact) mass is 396 g/mol. The lowest BCUT2D eigenvalue weighted by molar-refractivity contribution is -0.130. The van der Waals surface area contributed by atoms with Crippen molar-refractivity contribution in [3.05, 3.63) is 41.5 Å². The lowest BCUT2D eigenvalue weighted by atomic mass is 10.0. The summed E-state index contributed by atoms with van der Waals surface area (Å²) in [7, 11) is 2.18. The van der Waals surface area contributed by atoms with Gasteiger partial charge in [0.15, 0.2) is 0 Å². The van der Waals surface area contributed by atoms with Gasteiger partial charge in [-0.1, -0.05) is 0 Å². The Morgan fingerprint density at radius 2 is 1.93 bits per heavy atom. The number of carbonyl (C=O) groups excluding carboxylic acids is 1. The van der Waals surface area contributed by atoms with Crippen molar-refractivity contribution in [1.82, 2.24) is 24.6 Å². The number of nitrogens with zero attached hydrogens (tertiary/aromatic N) is 6. The first-order valence-corrected chi connectivity index (χ1v) is 10.7. The van der Waals surface area contributed by atoms with Crippen molar-refractivity contribution in [2.45, 2.75) is 39.2 Å². The van der Waals surface area contributed by atoms with Gasteiger partial charge in [0.1, 0.15) is 0 Å². The molecule has 1 unspecified atom stereocenters. The molecular weight excluding hydrogens is 364 g/mol. The smallest absolute Gasteiger partial charge is 0.224 e. The fourth-order valence-corrected chi connectivity index (χ4v) is 4.35. The molecule has 0 aliphatic carbocycles. The predicted octanol–water partition coefficient (Wildman–Crippen LogP) is 2.05. The molecule has 156 valence electrons. The summed E-state index contributed by atoms with van der Waals surface area (Å²) in [6.07, 6.45) is 3.28. The van der Waals surface area contributed by atoms with Gasteiger partial charge in [-0.05, 0) is 45.5 Å². The molecule has 2 fully saturated rings. The molecule has 1 amide bonds. The summed E-state index contributed by atoms with van der Waals surface area (Å²) >= 11 is 0. The minimum atomic E-state index is 0.217. The zero-order chi connectivity index (χ0) is 20.4. The van der Waals surface area contributed by atoms with E-state index in [0.29, 0.717) is 18.9 Å². The molecule has 0 aromatic carbocycles. The van der Waals surface area contributed by atoms with Gasteiger partial charge >= 0.3 is 0 Å². The molecule has 0 radical (unpaired) electrons. The van der Waals surface area contributed by atoms with E-state index in [9.17, 15) is 4.79 Å². The fraction of sp³-hybridized carbons (Fsp3) is 0.591. The van der Waals surface area contributed by atoms with E-state index in [2.05, 4.69) is 41.0 Å². The zero-order valence-electron chi connectivity index (χ0n) is 17.8. The van der Waals surface area contributed by atoms with Gasteiger partial charge in [0, 0.05) is 87.1 Å². The van der Waals surface area contributed by atoms with E-state index >= 15 is 0 Å². The van der Waals surface area contributed by atoms with Gasteiger partial charge in [0.2, 0.25) is 5.91 Å². The van der Waals surface area contributed by atoms with Crippen LogP contribution < -0.4 is 4.90 Å². The van der Waals surface area contributed by atoms with E-state index in [4.69, 9.17) is 4.98 Å². The molecule has 2 aromatic rings. The highest BCUT2D eigenvalue weighted by Crippen LogP contribution is 2.29. The number of rotatable bonds is 5. The Kier molecular flexibility index (Phi) is 5.85. The largest absolute Gasteiger partial charge is 0.369 e. The molecule has 0 bridgehead atoms. The van der Waals surface area contributed by atoms with Crippen molar-refractivity contribution in [3.8, 4) is 0 Å². The van der Waals surface area contributed by atoms with Crippen LogP contribution in [0.4, 0.5) is 5.69 Å². The number of hydrogen-bond acceptors (Lipinski definition) is 5. The average molecular weight is 397 g/mol. The third kappa shape index (κ3) is 4.61. The predicted molar refractivity (Wildman–Crippen MR) is 114 cm³/mol. The number of aryl methyl sites for hydroxylation is 3. The van der Waals surface area contributed by atoms with Crippen LogP contribution in [0.5, 0.6) is 0 Å². The van der Waals surface area contributed by atoms with Crippen LogP contribution in [-0.2, 0) is 11.3 Å². The Morgan fingerprint density at radius 3 is 2.66 bits per heavy atom. The molecule has 4 rings (SSSR count). The van der Waals surface area contributed by atoms with Crippen molar-refractivity contribution >= 4 is 11.6 Å². The highest BCUT2D eigenvalue weighted by molar-refractivity contribution is 5.76. The molecule has 2 aromatic heterocycles. The van der Waals surface area contributed by atoms with E-state index in [-0.39, 0.29) is 5.91 Å². The molecule has 1 atom stereocenters. The summed E-state index contributed by atoms with van der Waals surface area (Å²) in [5, 5.41) is 4.27. The van der Waals surface area contributed by atoms with E-state index in [1.807, 2.05) is 22.6 Å². The summed E-state index contributed by atoms with van der Waals surface area (Å²) in [4.78, 5) is 24.4. The quantitative estimate of drug-likeness (QED) is 0.774. The maximum Gasteiger partial charge on any atom is 0.224 e. The lowest BCUT2D eigenvalue weighted by Crippen LogP contribution is -2.44. The second-order valence-electron chi connectivity index (χ2n) is 8.45. The highest BCUT2D eigenvalue weighted by Gasteiger charge is 2.29. The molecule has 4 heterocycles. The van der Waals surface area contributed by atoms with Crippen LogP contribution in [0, 0.1) is 13.8 Å². The summed E-state index contributed by atoms with van der Waals surface area (Å²) in [5.74, 6) is 0.547. The standard InChI is InChI=1S/C22H32N6O/c1-17-14-20(26-12-10-25(3)11-13-26)15-21(24-17)19-5-8-27(16-19)22(29)6-9-28-18(2)4-7-23-28/h4,7,14-15,19H,5-6,8-13,16H2,1-3H3. The first-order valence-electron chi connectivity index (χ1n) is 10.7. The first kappa shape index (κ1) is 19.9. The van der Waals surface area contributed by atoms with Crippen LogP contribution in [0.3, 0.4) is 0 Å². The van der Waals surface area contributed by atoms with Gasteiger partial charge in [0.25, 0.3) is 0 Å². The summed E-state index contributed by atoms with van der Waals surface area (Å²) < 4.78 is 1.90. The van der Waals surface area contributed by atoms with Crippen LogP contribution >= 0.6 is 0 Å². The van der Waals surface area contributed by atoms with Gasteiger partial charge in [0.05, 0.1) is 0 Å². The van der Waals surface area contributed by atoms with Crippen LogP contribution in [0.2, 0.25) is 0 Å². The SMILES string of the molecule is Cc1cc(N2CCN(C)CC2)cc(C2CCN(C(=O)CCn3nccc3C)C2)n1. The van der Waals surface area contributed by atoms with Gasteiger partial charge < -0.3 is 14.7 Å². The van der Waals surface area contributed by atoms with Crippen molar-refractivity contribution in [2.24, 2.45) is 0 Å². The molecule has 29 heavy (non-hydrogen) atoms. The normalized spacial score (nSPS) is 20.4. The van der Waals surface area contributed by atoms with Gasteiger partial charge in [-0.25, -0.2) is 0 Å². The number of likely N-dealkylation sites (tertiary alicyclic amines) is 1. The molecule has 0 saturated carbocycles. The lowest BCUT2D eigenvalue weighted by Gasteiger charge is -2.34. The highest BCUT2D eigenvalue weighted by atomic mass is 16.2. The number of likely N-dealkylation sites (N-methyl/N-ethyl adjacent to an activating group) is 1. The number of amides is 1. The van der Waals surface area contributed by atoms with Crippen LogP contribution in [0.25, 0.3) is 0 Å².